The average molecular weight is 254 g/mol. The Bertz CT molecular complexity index is 326. The summed E-state index contributed by atoms with van der Waals surface area (Å²) in [7, 11) is 0. The number of hydrogen-bond donors (Lipinski definition) is 3. The van der Waals surface area contributed by atoms with Crippen LogP contribution in [0.1, 0.15) is 33.6 Å². The lowest BCUT2D eigenvalue weighted by atomic mass is 9.57. The number of aliphatic hydroxyl groups is 3. The van der Waals surface area contributed by atoms with Gasteiger partial charge in [-0.1, -0.05) is 27.4 Å². The van der Waals surface area contributed by atoms with Crippen molar-refractivity contribution in [3.05, 3.63) is 12.2 Å². The maximum Gasteiger partial charge on any atom is 0.101 e. The lowest BCUT2D eigenvalue weighted by Crippen LogP contribution is -2.53. The highest BCUT2D eigenvalue weighted by Crippen LogP contribution is 2.49. The van der Waals surface area contributed by atoms with Crippen molar-refractivity contribution in [2.75, 3.05) is 0 Å². The van der Waals surface area contributed by atoms with Gasteiger partial charge in [-0.25, -0.2) is 0 Å². The number of aliphatic hydroxyl groups excluding tert-OH is 3. The van der Waals surface area contributed by atoms with E-state index in [1.165, 1.54) is 0 Å². The molecule has 2 aliphatic rings. The van der Waals surface area contributed by atoms with Crippen molar-refractivity contribution >= 4 is 0 Å². The van der Waals surface area contributed by atoms with Crippen LogP contribution >= 0.6 is 0 Å². The fourth-order valence-corrected chi connectivity index (χ4v) is 4.06. The standard InChI is InChI=1S/C15H26O3/c1-7(2)13-11-5-8(3)12(16)6-10(11)9(4)14(17)15(13)18/h7-8,10-18H,4-6H2,1-3H3. The minimum Gasteiger partial charge on any atom is -0.393 e. The molecule has 2 aliphatic carbocycles. The smallest absolute Gasteiger partial charge is 0.101 e. The minimum absolute atomic E-state index is 0.102. The van der Waals surface area contributed by atoms with Crippen LogP contribution in [0.25, 0.3) is 0 Å². The molecule has 0 bridgehead atoms. The first-order valence-electron chi connectivity index (χ1n) is 7.07. The lowest BCUT2D eigenvalue weighted by Gasteiger charge is -2.51. The first-order chi connectivity index (χ1) is 8.34. The summed E-state index contributed by atoms with van der Waals surface area (Å²) in [5.74, 6) is 1.20. The average Bonchev–Trinajstić information content (AvgIpc) is 2.29. The molecule has 0 spiro atoms. The molecular formula is C15H26O3. The predicted octanol–water partition coefficient (Wildman–Crippen LogP) is 1.57. The molecule has 0 radical (unpaired) electrons. The van der Waals surface area contributed by atoms with Crippen molar-refractivity contribution < 1.29 is 15.3 Å². The van der Waals surface area contributed by atoms with Gasteiger partial charge in [0, 0.05) is 0 Å². The monoisotopic (exact) mass is 254 g/mol. The highest BCUT2D eigenvalue weighted by atomic mass is 16.3. The summed E-state index contributed by atoms with van der Waals surface area (Å²) in [5.41, 5.74) is 0.718. The van der Waals surface area contributed by atoms with E-state index in [4.69, 9.17) is 0 Å². The first kappa shape index (κ1) is 14.0. The van der Waals surface area contributed by atoms with E-state index in [1.807, 2.05) is 0 Å². The summed E-state index contributed by atoms with van der Waals surface area (Å²) < 4.78 is 0. The predicted molar refractivity (Wildman–Crippen MR) is 70.9 cm³/mol. The Balaban J connectivity index is 2.30. The van der Waals surface area contributed by atoms with E-state index in [1.54, 1.807) is 0 Å². The van der Waals surface area contributed by atoms with Crippen LogP contribution in [0.4, 0.5) is 0 Å². The highest BCUT2D eigenvalue weighted by molar-refractivity contribution is 5.19. The second-order valence-electron chi connectivity index (χ2n) is 6.62. The Kier molecular flexibility index (Phi) is 3.86. The summed E-state index contributed by atoms with van der Waals surface area (Å²) in [6, 6.07) is 0. The van der Waals surface area contributed by atoms with Crippen LogP contribution in [0, 0.1) is 29.6 Å². The molecule has 0 aromatic carbocycles. The summed E-state index contributed by atoms with van der Waals surface area (Å²) in [6.45, 7) is 10.2. The van der Waals surface area contributed by atoms with Crippen LogP contribution in [0.3, 0.4) is 0 Å². The maximum atomic E-state index is 10.3. The van der Waals surface area contributed by atoms with Gasteiger partial charge in [-0.15, -0.1) is 0 Å². The molecule has 7 atom stereocenters. The van der Waals surface area contributed by atoms with Gasteiger partial charge in [-0.05, 0) is 48.0 Å². The van der Waals surface area contributed by atoms with Crippen LogP contribution < -0.4 is 0 Å². The molecule has 0 aliphatic heterocycles. The number of rotatable bonds is 1. The van der Waals surface area contributed by atoms with E-state index in [-0.39, 0.29) is 23.9 Å². The van der Waals surface area contributed by atoms with E-state index in [0.717, 1.165) is 12.0 Å². The van der Waals surface area contributed by atoms with Gasteiger partial charge in [0.05, 0.1) is 12.2 Å². The Morgan fingerprint density at radius 1 is 1.17 bits per heavy atom. The highest BCUT2D eigenvalue weighted by Gasteiger charge is 2.49. The van der Waals surface area contributed by atoms with Gasteiger partial charge in [0.25, 0.3) is 0 Å². The molecule has 7 unspecified atom stereocenters. The third-order valence-electron chi connectivity index (χ3n) is 5.15. The molecule has 2 rings (SSSR count). The zero-order chi connectivity index (χ0) is 13.6. The molecule has 0 saturated heterocycles. The fraction of sp³-hybridized carbons (Fsp3) is 0.867. The molecule has 3 heteroatoms. The van der Waals surface area contributed by atoms with Crippen LogP contribution in [0.15, 0.2) is 12.2 Å². The van der Waals surface area contributed by atoms with E-state index in [2.05, 4.69) is 27.4 Å². The summed E-state index contributed by atoms with van der Waals surface area (Å²) in [4.78, 5) is 0. The number of hydrogen-bond acceptors (Lipinski definition) is 3. The van der Waals surface area contributed by atoms with Gasteiger partial charge >= 0.3 is 0 Å². The maximum absolute atomic E-state index is 10.3. The van der Waals surface area contributed by atoms with Crippen molar-refractivity contribution in [1.82, 2.24) is 0 Å². The summed E-state index contributed by atoms with van der Waals surface area (Å²) in [5, 5.41) is 30.4. The van der Waals surface area contributed by atoms with Crippen LogP contribution in [0.5, 0.6) is 0 Å². The van der Waals surface area contributed by atoms with E-state index in [0.29, 0.717) is 18.3 Å². The molecule has 104 valence electrons. The molecule has 0 heterocycles. The molecule has 18 heavy (non-hydrogen) atoms. The van der Waals surface area contributed by atoms with Crippen molar-refractivity contribution in [3.8, 4) is 0 Å². The van der Waals surface area contributed by atoms with E-state index >= 15 is 0 Å². The van der Waals surface area contributed by atoms with Crippen LogP contribution in [-0.4, -0.2) is 33.6 Å². The Labute approximate surface area is 110 Å². The van der Waals surface area contributed by atoms with E-state index in [9.17, 15) is 15.3 Å². The quantitative estimate of drug-likeness (QED) is 0.623. The third kappa shape index (κ3) is 2.13. The molecule has 2 saturated carbocycles. The summed E-state index contributed by atoms with van der Waals surface area (Å²) >= 11 is 0. The van der Waals surface area contributed by atoms with Gasteiger partial charge < -0.3 is 15.3 Å². The SMILES string of the molecule is C=C1C(O)C(O)C(C(C)C)C2CC(C)C(O)CC12. The van der Waals surface area contributed by atoms with Crippen LogP contribution in [-0.2, 0) is 0 Å². The summed E-state index contributed by atoms with van der Waals surface area (Å²) in [6.07, 6.45) is -0.256. The molecule has 0 aromatic heterocycles. The Hall–Kier alpha value is -0.380. The number of fused-ring (bicyclic) bond motifs is 1. The minimum atomic E-state index is -0.834. The molecular weight excluding hydrogens is 228 g/mol. The molecule has 3 N–H and O–H groups in total. The topological polar surface area (TPSA) is 60.7 Å². The van der Waals surface area contributed by atoms with Crippen LogP contribution in [0.2, 0.25) is 0 Å². The second kappa shape index (κ2) is 4.95. The van der Waals surface area contributed by atoms with Gasteiger partial charge in [-0.2, -0.15) is 0 Å². The Morgan fingerprint density at radius 2 is 1.78 bits per heavy atom. The normalized spacial score (nSPS) is 49.3. The third-order valence-corrected chi connectivity index (χ3v) is 5.15. The van der Waals surface area contributed by atoms with Gasteiger partial charge in [0.2, 0.25) is 0 Å². The van der Waals surface area contributed by atoms with Crippen molar-refractivity contribution in [1.29, 1.82) is 0 Å². The molecule has 2 fully saturated rings. The van der Waals surface area contributed by atoms with Crippen molar-refractivity contribution in [2.45, 2.75) is 51.9 Å². The van der Waals surface area contributed by atoms with Crippen molar-refractivity contribution in [3.63, 3.8) is 0 Å². The van der Waals surface area contributed by atoms with Gasteiger partial charge in [0.1, 0.15) is 6.10 Å². The molecule has 3 nitrogen and oxygen atoms in total. The largest absolute Gasteiger partial charge is 0.393 e. The lowest BCUT2D eigenvalue weighted by molar-refractivity contribution is -0.102. The van der Waals surface area contributed by atoms with Gasteiger partial charge in [0.15, 0.2) is 0 Å². The Morgan fingerprint density at radius 3 is 2.33 bits per heavy atom. The first-order valence-corrected chi connectivity index (χ1v) is 7.07. The fourth-order valence-electron chi connectivity index (χ4n) is 4.06. The zero-order valence-corrected chi connectivity index (χ0v) is 11.6. The molecule has 0 aromatic rings. The van der Waals surface area contributed by atoms with Crippen molar-refractivity contribution in [2.24, 2.45) is 29.6 Å². The molecule has 0 amide bonds. The van der Waals surface area contributed by atoms with Gasteiger partial charge in [-0.3, -0.25) is 0 Å². The zero-order valence-electron chi connectivity index (χ0n) is 11.6. The van der Waals surface area contributed by atoms with E-state index < -0.39 is 12.2 Å². The second-order valence-corrected chi connectivity index (χ2v) is 6.62.